The molecule has 0 saturated heterocycles. The predicted molar refractivity (Wildman–Crippen MR) is 98.9 cm³/mol. The van der Waals surface area contributed by atoms with E-state index in [4.69, 9.17) is 4.74 Å². The van der Waals surface area contributed by atoms with Gasteiger partial charge < -0.3 is 10.1 Å². The molecule has 0 unspecified atom stereocenters. The monoisotopic (exact) mass is 350 g/mol. The molecule has 0 aliphatic rings. The Morgan fingerprint density at radius 2 is 1.77 bits per heavy atom. The second-order valence-electron chi connectivity index (χ2n) is 6.14. The number of rotatable bonds is 6. The number of aryl methyl sites for hydroxylation is 2. The number of hydrogen-bond acceptors (Lipinski definition) is 4. The first-order valence-electron chi connectivity index (χ1n) is 8.41. The molecule has 0 saturated carbocycles. The number of carbonyl (C=O) groups excluding carboxylic acids is 1. The zero-order valence-electron chi connectivity index (χ0n) is 15.1. The molecule has 1 N–H and O–H groups in total. The van der Waals surface area contributed by atoms with Crippen molar-refractivity contribution < 1.29 is 9.53 Å². The molecule has 2 aromatic heterocycles. The number of carbonyl (C=O) groups is 1. The van der Waals surface area contributed by atoms with Crippen LogP contribution < -0.4 is 10.1 Å². The van der Waals surface area contributed by atoms with E-state index in [1.807, 2.05) is 56.3 Å². The van der Waals surface area contributed by atoms with Crippen LogP contribution in [0.15, 0.2) is 54.9 Å². The first kappa shape index (κ1) is 17.7. The number of pyridine rings is 1. The van der Waals surface area contributed by atoms with Gasteiger partial charge in [0.1, 0.15) is 12.3 Å². The second-order valence-corrected chi connectivity index (χ2v) is 6.14. The van der Waals surface area contributed by atoms with Crippen molar-refractivity contribution in [2.75, 3.05) is 7.11 Å². The van der Waals surface area contributed by atoms with E-state index in [9.17, 15) is 4.79 Å². The fourth-order valence-electron chi connectivity index (χ4n) is 2.89. The summed E-state index contributed by atoms with van der Waals surface area (Å²) < 4.78 is 6.93. The molecule has 0 aliphatic carbocycles. The molecule has 0 aliphatic heterocycles. The lowest BCUT2D eigenvalue weighted by molar-refractivity contribution is -0.122. The summed E-state index contributed by atoms with van der Waals surface area (Å²) in [5.41, 5.74) is 3.80. The summed E-state index contributed by atoms with van der Waals surface area (Å²) in [5.74, 6) is 0.671. The van der Waals surface area contributed by atoms with Gasteiger partial charge >= 0.3 is 0 Å². The molecule has 6 nitrogen and oxygen atoms in total. The van der Waals surface area contributed by atoms with E-state index < -0.39 is 0 Å². The second kappa shape index (κ2) is 7.82. The van der Waals surface area contributed by atoms with Crippen molar-refractivity contribution >= 4 is 5.91 Å². The average molecular weight is 350 g/mol. The van der Waals surface area contributed by atoms with E-state index >= 15 is 0 Å². The van der Waals surface area contributed by atoms with Crippen molar-refractivity contribution in [1.82, 2.24) is 20.1 Å². The van der Waals surface area contributed by atoms with Gasteiger partial charge in [-0.25, -0.2) is 0 Å². The third-order valence-electron chi connectivity index (χ3n) is 4.19. The van der Waals surface area contributed by atoms with Gasteiger partial charge in [0.15, 0.2) is 0 Å². The summed E-state index contributed by atoms with van der Waals surface area (Å²) in [5, 5.41) is 7.46. The number of methoxy groups -OCH3 is 1. The number of nitrogens with one attached hydrogen (secondary N) is 1. The van der Waals surface area contributed by atoms with Crippen LogP contribution in [0, 0.1) is 13.8 Å². The maximum Gasteiger partial charge on any atom is 0.242 e. The van der Waals surface area contributed by atoms with E-state index in [2.05, 4.69) is 15.4 Å². The number of amides is 1. The standard InChI is InChI=1S/C20H22N4O2/c1-14-12-15(2)24(23-14)13-19(25)22-20(17-8-10-21-11-9-17)16-4-6-18(26-3)7-5-16/h4-12,20H,13H2,1-3H3,(H,22,25)/t20-/m1/s1. The summed E-state index contributed by atoms with van der Waals surface area (Å²) in [7, 11) is 1.63. The number of aromatic nitrogens is 3. The number of benzene rings is 1. The van der Waals surface area contributed by atoms with Crippen molar-refractivity contribution in [2.24, 2.45) is 0 Å². The molecule has 1 amide bonds. The average Bonchev–Trinajstić information content (AvgIpc) is 2.97. The fourth-order valence-corrected chi connectivity index (χ4v) is 2.89. The predicted octanol–water partition coefficient (Wildman–Crippen LogP) is 2.81. The number of ether oxygens (including phenoxy) is 1. The van der Waals surface area contributed by atoms with Crippen LogP contribution in [0.3, 0.4) is 0 Å². The van der Waals surface area contributed by atoms with Gasteiger partial charge in [-0.3, -0.25) is 14.5 Å². The minimum atomic E-state index is -0.270. The number of hydrogen-bond donors (Lipinski definition) is 1. The van der Waals surface area contributed by atoms with Crippen molar-refractivity contribution in [2.45, 2.75) is 26.4 Å². The van der Waals surface area contributed by atoms with Gasteiger partial charge in [-0.1, -0.05) is 12.1 Å². The Morgan fingerprint density at radius 3 is 2.35 bits per heavy atom. The molecule has 1 aromatic carbocycles. The lowest BCUT2D eigenvalue weighted by Crippen LogP contribution is -2.32. The van der Waals surface area contributed by atoms with Crippen molar-refractivity contribution in [1.29, 1.82) is 0 Å². The molecule has 3 rings (SSSR count). The minimum Gasteiger partial charge on any atom is -0.497 e. The molecule has 0 radical (unpaired) electrons. The Kier molecular flexibility index (Phi) is 5.31. The largest absolute Gasteiger partial charge is 0.497 e. The van der Waals surface area contributed by atoms with Crippen molar-refractivity contribution in [3.63, 3.8) is 0 Å². The maximum absolute atomic E-state index is 12.6. The molecule has 134 valence electrons. The van der Waals surface area contributed by atoms with E-state index in [0.717, 1.165) is 28.3 Å². The molecule has 0 bridgehead atoms. The lowest BCUT2D eigenvalue weighted by Gasteiger charge is -2.20. The fraction of sp³-hybridized carbons (Fsp3) is 0.250. The van der Waals surface area contributed by atoms with Gasteiger partial charge in [0, 0.05) is 18.1 Å². The van der Waals surface area contributed by atoms with Crippen LogP contribution in [0.1, 0.15) is 28.6 Å². The Morgan fingerprint density at radius 1 is 1.12 bits per heavy atom. The van der Waals surface area contributed by atoms with Crippen molar-refractivity contribution in [3.8, 4) is 5.75 Å². The van der Waals surface area contributed by atoms with E-state index in [0.29, 0.717) is 0 Å². The van der Waals surface area contributed by atoms with Gasteiger partial charge in [0.05, 0.1) is 18.8 Å². The van der Waals surface area contributed by atoms with Crippen LogP contribution in [-0.4, -0.2) is 27.8 Å². The van der Waals surface area contributed by atoms with E-state index in [1.54, 1.807) is 24.2 Å². The van der Waals surface area contributed by atoms with Gasteiger partial charge in [0.25, 0.3) is 0 Å². The Bertz CT molecular complexity index is 873. The van der Waals surface area contributed by atoms with Gasteiger partial charge in [0.2, 0.25) is 5.91 Å². The lowest BCUT2D eigenvalue weighted by atomic mass is 9.99. The Balaban J connectivity index is 1.83. The van der Waals surface area contributed by atoms with Crippen LogP contribution in [0.25, 0.3) is 0 Å². The quantitative estimate of drug-likeness (QED) is 0.742. The SMILES string of the molecule is COc1ccc([C@@H](NC(=O)Cn2nc(C)cc2C)c2ccncc2)cc1. The molecule has 1 atom stereocenters. The Labute approximate surface area is 152 Å². The molecule has 2 heterocycles. The van der Waals surface area contributed by atoms with Crippen LogP contribution in [0.5, 0.6) is 5.75 Å². The molecular weight excluding hydrogens is 328 g/mol. The Hall–Kier alpha value is -3.15. The van der Waals surface area contributed by atoms with Crippen molar-refractivity contribution in [3.05, 3.63) is 77.4 Å². The topological polar surface area (TPSA) is 69.0 Å². The van der Waals surface area contributed by atoms with Gasteiger partial charge in [-0.15, -0.1) is 0 Å². The highest BCUT2D eigenvalue weighted by Gasteiger charge is 2.18. The summed E-state index contributed by atoms with van der Waals surface area (Å²) in [6.45, 7) is 4.03. The minimum absolute atomic E-state index is 0.103. The molecule has 26 heavy (non-hydrogen) atoms. The van der Waals surface area contributed by atoms with Gasteiger partial charge in [-0.2, -0.15) is 5.10 Å². The highest BCUT2D eigenvalue weighted by Crippen LogP contribution is 2.24. The smallest absolute Gasteiger partial charge is 0.242 e. The molecular formula is C20H22N4O2. The third kappa shape index (κ3) is 4.08. The van der Waals surface area contributed by atoms with Crippen LogP contribution in [-0.2, 0) is 11.3 Å². The highest BCUT2D eigenvalue weighted by atomic mass is 16.5. The molecule has 3 aromatic rings. The summed E-state index contributed by atoms with van der Waals surface area (Å²) in [6.07, 6.45) is 3.44. The molecule has 0 spiro atoms. The van der Waals surface area contributed by atoms with Gasteiger partial charge in [-0.05, 0) is 55.3 Å². The normalized spacial score (nSPS) is 11.8. The summed E-state index contributed by atoms with van der Waals surface area (Å²) in [6, 6.07) is 13.2. The summed E-state index contributed by atoms with van der Waals surface area (Å²) in [4.78, 5) is 16.7. The maximum atomic E-state index is 12.6. The molecule has 6 heteroatoms. The number of nitrogens with zero attached hydrogens (tertiary/aromatic N) is 3. The first-order valence-corrected chi connectivity index (χ1v) is 8.41. The zero-order chi connectivity index (χ0) is 18.5. The van der Waals surface area contributed by atoms with Crippen LogP contribution in [0.2, 0.25) is 0 Å². The molecule has 0 fully saturated rings. The zero-order valence-corrected chi connectivity index (χ0v) is 15.1. The summed E-state index contributed by atoms with van der Waals surface area (Å²) >= 11 is 0. The third-order valence-corrected chi connectivity index (χ3v) is 4.19. The van der Waals surface area contributed by atoms with Crippen LogP contribution in [0.4, 0.5) is 0 Å². The first-order chi connectivity index (χ1) is 12.6. The highest BCUT2D eigenvalue weighted by molar-refractivity contribution is 5.76. The van der Waals surface area contributed by atoms with Crippen LogP contribution >= 0.6 is 0 Å². The van der Waals surface area contributed by atoms with E-state index in [1.165, 1.54) is 0 Å². The van der Waals surface area contributed by atoms with E-state index in [-0.39, 0.29) is 18.5 Å².